The Morgan fingerprint density at radius 3 is 1.62 bits per heavy atom. The molecule has 0 radical (unpaired) electrons. The van der Waals surface area contributed by atoms with Crippen LogP contribution >= 0.6 is 15.9 Å². The second-order valence-electron chi connectivity index (χ2n) is 2.59. The maximum absolute atomic E-state index is 9.10. The van der Waals surface area contributed by atoms with Gasteiger partial charge in [-0.15, -0.1) is 0 Å². The van der Waals surface area contributed by atoms with Crippen LogP contribution in [-0.4, -0.2) is 66.7 Å². The van der Waals surface area contributed by atoms with Gasteiger partial charge in [-0.1, -0.05) is 15.9 Å². The van der Waals surface area contributed by atoms with Gasteiger partial charge in [0.15, 0.2) is 0 Å². The molecule has 0 aromatic carbocycles. The van der Waals surface area contributed by atoms with Crippen LogP contribution in [0.3, 0.4) is 0 Å². The molecule has 0 heterocycles. The number of alkyl halides is 1. The number of aliphatic hydroxyl groups is 6. The molecule has 0 amide bonds. The van der Waals surface area contributed by atoms with Gasteiger partial charge in [0.05, 0.1) is 6.61 Å². The van der Waals surface area contributed by atoms with E-state index in [0.29, 0.717) is 0 Å². The fraction of sp³-hybridized carbons (Fsp3) is 1.00. The minimum absolute atomic E-state index is 0.747. The highest BCUT2D eigenvalue weighted by atomic mass is 79.9. The third kappa shape index (κ3) is 3.86. The maximum Gasteiger partial charge on any atom is 0.137 e. The number of aliphatic hydroxyl groups excluding tert-OH is 6. The van der Waals surface area contributed by atoms with Gasteiger partial charge in [0.2, 0.25) is 0 Å². The van der Waals surface area contributed by atoms with Crippen molar-refractivity contribution in [1.29, 1.82) is 0 Å². The predicted octanol–water partition coefficient (Wildman–Crippen LogP) is -2.86. The second kappa shape index (κ2) is 5.86. The van der Waals surface area contributed by atoms with E-state index in [2.05, 4.69) is 15.9 Å². The van der Waals surface area contributed by atoms with Crippen LogP contribution < -0.4 is 0 Å². The van der Waals surface area contributed by atoms with Crippen molar-refractivity contribution in [1.82, 2.24) is 0 Å². The maximum atomic E-state index is 9.10. The van der Waals surface area contributed by atoms with Crippen LogP contribution in [0.5, 0.6) is 0 Å². The van der Waals surface area contributed by atoms with Crippen LogP contribution in [-0.2, 0) is 0 Å². The van der Waals surface area contributed by atoms with E-state index in [-0.39, 0.29) is 0 Å². The molecular formula is C6H13BrO6. The molecule has 0 spiro atoms. The van der Waals surface area contributed by atoms with Crippen molar-refractivity contribution in [2.45, 2.75) is 29.4 Å². The summed E-state index contributed by atoms with van der Waals surface area (Å²) < 4.78 is 0. The molecule has 80 valence electrons. The first kappa shape index (κ1) is 13.2. The summed E-state index contributed by atoms with van der Waals surface area (Å²) in [7, 11) is 0. The van der Waals surface area contributed by atoms with Crippen molar-refractivity contribution in [3.63, 3.8) is 0 Å². The molecule has 6 N–H and O–H groups in total. The van der Waals surface area contributed by atoms with E-state index in [1.807, 2.05) is 0 Å². The van der Waals surface area contributed by atoms with Gasteiger partial charge in [-0.25, -0.2) is 0 Å². The molecule has 0 bridgehead atoms. The molecule has 5 atom stereocenters. The molecule has 6 nitrogen and oxygen atoms in total. The first-order valence-corrected chi connectivity index (χ1v) is 4.48. The second-order valence-corrected chi connectivity index (χ2v) is 3.53. The highest BCUT2D eigenvalue weighted by Gasteiger charge is 2.32. The molecule has 2 unspecified atom stereocenters. The number of hydrogen-bond acceptors (Lipinski definition) is 6. The van der Waals surface area contributed by atoms with Gasteiger partial charge in [0.1, 0.15) is 29.4 Å². The molecule has 0 rings (SSSR count). The van der Waals surface area contributed by atoms with Crippen molar-refractivity contribution in [3.05, 3.63) is 0 Å². The Hall–Kier alpha value is 0.240. The van der Waals surface area contributed by atoms with Gasteiger partial charge >= 0.3 is 0 Å². The Kier molecular flexibility index (Phi) is 5.97. The minimum atomic E-state index is -1.74. The van der Waals surface area contributed by atoms with Crippen LogP contribution in [0.15, 0.2) is 0 Å². The lowest BCUT2D eigenvalue weighted by molar-refractivity contribution is -0.127. The largest absolute Gasteiger partial charge is 0.394 e. The van der Waals surface area contributed by atoms with Crippen LogP contribution in [0.1, 0.15) is 0 Å². The fourth-order valence-corrected chi connectivity index (χ4v) is 1.01. The molecule has 0 saturated carbocycles. The summed E-state index contributed by atoms with van der Waals surface area (Å²) in [6.07, 6.45) is -6.66. The summed E-state index contributed by atoms with van der Waals surface area (Å²) >= 11 is 2.57. The Balaban J connectivity index is 4.15. The number of rotatable bonds is 5. The molecule has 0 aliphatic carbocycles. The van der Waals surface area contributed by atoms with E-state index in [0.717, 1.165) is 0 Å². The lowest BCUT2D eigenvalue weighted by atomic mass is 10.0. The van der Waals surface area contributed by atoms with E-state index < -0.39 is 36.0 Å². The summed E-state index contributed by atoms with van der Waals surface area (Å²) in [6.45, 7) is -0.747. The van der Waals surface area contributed by atoms with E-state index >= 15 is 0 Å². The quantitative estimate of drug-likeness (QED) is 0.296. The molecule has 0 aromatic rings. The summed E-state index contributed by atoms with van der Waals surface area (Å²) in [5.41, 5.74) is 0. The Labute approximate surface area is 83.2 Å². The molecular weight excluding hydrogens is 248 g/mol. The number of hydrogen-bond donors (Lipinski definition) is 6. The molecule has 0 aromatic heterocycles. The smallest absolute Gasteiger partial charge is 0.137 e. The van der Waals surface area contributed by atoms with Crippen LogP contribution in [0.25, 0.3) is 0 Å². The lowest BCUT2D eigenvalue weighted by Gasteiger charge is -2.26. The van der Waals surface area contributed by atoms with Crippen molar-refractivity contribution in [2.75, 3.05) is 6.61 Å². The first-order valence-electron chi connectivity index (χ1n) is 3.57. The van der Waals surface area contributed by atoms with Gasteiger partial charge < -0.3 is 30.6 Å². The van der Waals surface area contributed by atoms with E-state index in [1.165, 1.54) is 0 Å². The average molecular weight is 261 g/mol. The Morgan fingerprint density at radius 1 is 0.846 bits per heavy atom. The standard InChI is InChI=1S/C6H13BrO6/c7-6(13)5(12)4(11)3(10)2(9)1-8/h2-6,8-13H,1H2/t2?,3-,4?,5+,6-/m1/s1. The fourth-order valence-electron chi connectivity index (χ4n) is 0.700. The molecule has 7 heteroatoms. The zero-order valence-corrected chi connectivity index (χ0v) is 8.24. The van der Waals surface area contributed by atoms with E-state index in [9.17, 15) is 0 Å². The Bertz CT molecular complexity index is 143. The summed E-state index contributed by atoms with van der Waals surface area (Å²) in [4.78, 5) is 0. The molecule has 0 fully saturated rings. The van der Waals surface area contributed by atoms with Gasteiger partial charge in [-0.05, 0) is 0 Å². The minimum Gasteiger partial charge on any atom is -0.394 e. The summed E-state index contributed by atoms with van der Waals surface area (Å²) in [6, 6.07) is 0. The zero-order chi connectivity index (χ0) is 10.6. The van der Waals surface area contributed by atoms with Gasteiger partial charge in [0, 0.05) is 0 Å². The lowest BCUT2D eigenvalue weighted by Crippen LogP contribution is -2.48. The van der Waals surface area contributed by atoms with E-state index in [1.54, 1.807) is 0 Å². The highest BCUT2D eigenvalue weighted by molar-refractivity contribution is 9.09. The monoisotopic (exact) mass is 260 g/mol. The molecule has 0 aliphatic heterocycles. The average Bonchev–Trinajstić information content (AvgIpc) is 2.12. The third-order valence-corrected chi connectivity index (χ3v) is 2.10. The Morgan fingerprint density at radius 2 is 1.31 bits per heavy atom. The van der Waals surface area contributed by atoms with Gasteiger partial charge in [-0.2, -0.15) is 0 Å². The van der Waals surface area contributed by atoms with Crippen molar-refractivity contribution < 1.29 is 30.6 Å². The van der Waals surface area contributed by atoms with E-state index in [4.69, 9.17) is 30.6 Å². The molecule has 0 saturated heterocycles. The first-order chi connectivity index (χ1) is 5.91. The highest BCUT2D eigenvalue weighted by Crippen LogP contribution is 2.11. The van der Waals surface area contributed by atoms with Crippen LogP contribution in [0.4, 0.5) is 0 Å². The van der Waals surface area contributed by atoms with Gasteiger partial charge in [0.25, 0.3) is 0 Å². The normalized spacial score (nSPS) is 23.3. The van der Waals surface area contributed by atoms with Crippen LogP contribution in [0.2, 0.25) is 0 Å². The van der Waals surface area contributed by atoms with Crippen LogP contribution in [0, 0.1) is 0 Å². The van der Waals surface area contributed by atoms with Gasteiger partial charge in [-0.3, -0.25) is 0 Å². The third-order valence-electron chi connectivity index (χ3n) is 1.56. The SMILES string of the molecule is OCC(O)[C@@H](O)C(O)[C@H](O)[C@@H](O)Br. The summed E-state index contributed by atoms with van der Waals surface area (Å²) in [5, 5.41) is 51.7. The topological polar surface area (TPSA) is 121 Å². The zero-order valence-electron chi connectivity index (χ0n) is 6.66. The van der Waals surface area contributed by atoms with Crippen molar-refractivity contribution >= 4 is 15.9 Å². The molecule has 0 aliphatic rings. The molecule has 13 heavy (non-hydrogen) atoms. The predicted molar refractivity (Wildman–Crippen MR) is 46.0 cm³/mol. The van der Waals surface area contributed by atoms with Crippen molar-refractivity contribution in [3.8, 4) is 0 Å². The van der Waals surface area contributed by atoms with Crippen molar-refractivity contribution in [2.24, 2.45) is 0 Å². The number of halogens is 1. The summed E-state index contributed by atoms with van der Waals surface area (Å²) in [5.74, 6) is 0.